The Hall–Kier alpha value is -0.940. The predicted octanol–water partition coefficient (Wildman–Crippen LogP) is 1.67. The topological polar surface area (TPSA) is 60.2 Å². The highest BCUT2D eigenvalue weighted by Crippen LogP contribution is 2.15. The van der Waals surface area contributed by atoms with Gasteiger partial charge in [0.15, 0.2) is 11.6 Å². The van der Waals surface area contributed by atoms with Gasteiger partial charge in [-0.05, 0) is 34.6 Å². The molecule has 16 heavy (non-hydrogen) atoms. The van der Waals surface area contributed by atoms with Crippen LogP contribution in [0.25, 0.3) is 0 Å². The number of ether oxygens (including phenoxy) is 1. The van der Waals surface area contributed by atoms with Crippen molar-refractivity contribution in [2.24, 2.45) is 0 Å². The number of aromatic nitrogens is 3. The molecule has 1 rings (SSSR count). The lowest BCUT2D eigenvalue weighted by molar-refractivity contribution is -0.0198. The first-order valence-corrected chi connectivity index (χ1v) is 5.52. The van der Waals surface area contributed by atoms with Crippen molar-refractivity contribution in [2.75, 3.05) is 0 Å². The van der Waals surface area contributed by atoms with Crippen LogP contribution in [-0.4, -0.2) is 25.5 Å². The Morgan fingerprint density at radius 1 is 1.25 bits per heavy atom. The van der Waals surface area contributed by atoms with Crippen LogP contribution in [0, 0.1) is 0 Å². The van der Waals surface area contributed by atoms with Crippen LogP contribution in [0.1, 0.15) is 52.3 Å². The first-order valence-electron chi connectivity index (χ1n) is 5.52. The standard InChI is InChI=1S/C11H21N3O2/c1-8(2)14-9(6-15)12-13-10(14)7-16-11(3,4)5/h8,15H,6-7H2,1-5H3. The molecule has 0 spiro atoms. The van der Waals surface area contributed by atoms with Crippen molar-refractivity contribution in [3.8, 4) is 0 Å². The minimum absolute atomic E-state index is 0.0965. The van der Waals surface area contributed by atoms with E-state index in [9.17, 15) is 0 Å². The van der Waals surface area contributed by atoms with Crippen LogP contribution in [0.5, 0.6) is 0 Å². The van der Waals surface area contributed by atoms with E-state index in [1.807, 2.05) is 39.2 Å². The maximum Gasteiger partial charge on any atom is 0.159 e. The van der Waals surface area contributed by atoms with Crippen molar-refractivity contribution in [2.45, 2.75) is 59.5 Å². The molecule has 1 aromatic heterocycles. The van der Waals surface area contributed by atoms with Crippen molar-refractivity contribution in [1.29, 1.82) is 0 Å². The van der Waals surface area contributed by atoms with E-state index in [2.05, 4.69) is 10.2 Å². The molecule has 0 atom stereocenters. The van der Waals surface area contributed by atoms with Gasteiger partial charge < -0.3 is 14.4 Å². The smallest absolute Gasteiger partial charge is 0.159 e. The van der Waals surface area contributed by atoms with Crippen LogP contribution in [0.4, 0.5) is 0 Å². The number of aliphatic hydroxyl groups is 1. The van der Waals surface area contributed by atoms with E-state index in [1.54, 1.807) is 0 Å². The van der Waals surface area contributed by atoms with Crippen LogP contribution < -0.4 is 0 Å². The van der Waals surface area contributed by atoms with E-state index in [-0.39, 0.29) is 18.2 Å². The Morgan fingerprint density at radius 2 is 1.81 bits per heavy atom. The van der Waals surface area contributed by atoms with Gasteiger partial charge in [-0.25, -0.2) is 0 Å². The van der Waals surface area contributed by atoms with Crippen molar-refractivity contribution >= 4 is 0 Å². The van der Waals surface area contributed by atoms with Gasteiger partial charge in [-0.2, -0.15) is 0 Å². The quantitative estimate of drug-likeness (QED) is 0.850. The van der Waals surface area contributed by atoms with Crippen LogP contribution in [-0.2, 0) is 18.0 Å². The van der Waals surface area contributed by atoms with E-state index in [1.165, 1.54) is 0 Å². The normalized spacial score (nSPS) is 12.4. The summed E-state index contributed by atoms with van der Waals surface area (Å²) in [5.74, 6) is 1.34. The second kappa shape index (κ2) is 4.93. The molecule has 5 heteroatoms. The van der Waals surface area contributed by atoms with E-state index >= 15 is 0 Å². The Morgan fingerprint density at radius 3 is 2.25 bits per heavy atom. The molecule has 0 bridgehead atoms. The van der Waals surface area contributed by atoms with Gasteiger partial charge in [-0.3, -0.25) is 0 Å². The summed E-state index contributed by atoms with van der Waals surface area (Å²) in [6, 6.07) is 0.218. The molecular formula is C11H21N3O2. The van der Waals surface area contributed by atoms with E-state index in [0.717, 1.165) is 5.82 Å². The zero-order valence-electron chi connectivity index (χ0n) is 10.7. The maximum atomic E-state index is 9.14. The first-order chi connectivity index (χ1) is 7.35. The lowest BCUT2D eigenvalue weighted by atomic mass is 10.2. The Balaban J connectivity index is 2.84. The highest BCUT2D eigenvalue weighted by atomic mass is 16.5. The highest BCUT2D eigenvalue weighted by Gasteiger charge is 2.17. The number of hydrogen-bond donors (Lipinski definition) is 1. The first kappa shape index (κ1) is 13.1. The van der Waals surface area contributed by atoms with Gasteiger partial charge in [0.05, 0.1) is 5.60 Å². The van der Waals surface area contributed by atoms with Gasteiger partial charge in [-0.1, -0.05) is 0 Å². The van der Waals surface area contributed by atoms with Crippen LogP contribution >= 0.6 is 0 Å². The molecule has 0 aliphatic carbocycles. The molecule has 0 aliphatic rings. The van der Waals surface area contributed by atoms with Gasteiger partial charge >= 0.3 is 0 Å². The average molecular weight is 227 g/mol. The maximum absolute atomic E-state index is 9.14. The second-order valence-electron chi connectivity index (χ2n) is 5.06. The van der Waals surface area contributed by atoms with Crippen molar-refractivity contribution in [3.63, 3.8) is 0 Å². The molecule has 0 unspecified atom stereocenters. The predicted molar refractivity (Wildman–Crippen MR) is 60.9 cm³/mol. The highest BCUT2D eigenvalue weighted by molar-refractivity contribution is 4.96. The molecule has 0 radical (unpaired) electrons. The molecule has 0 fully saturated rings. The lowest BCUT2D eigenvalue weighted by Gasteiger charge is -2.20. The third-order valence-electron chi connectivity index (χ3n) is 2.13. The summed E-state index contributed by atoms with van der Waals surface area (Å²) in [5, 5.41) is 17.1. The number of nitrogens with zero attached hydrogens (tertiary/aromatic N) is 3. The van der Waals surface area contributed by atoms with Gasteiger partial charge in [-0.15, -0.1) is 10.2 Å². The van der Waals surface area contributed by atoms with Crippen molar-refractivity contribution in [3.05, 3.63) is 11.6 Å². The molecule has 1 aromatic rings. The number of hydrogen-bond acceptors (Lipinski definition) is 4. The Labute approximate surface area is 96.5 Å². The summed E-state index contributed by atoms with van der Waals surface area (Å²) < 4.78 is 7.57. The van der Waals surface area contributed by atoms with E-state index in [4.69, 9.17) is 9.84 Å². The molecule has 5 nitrogen and oxygen atoms in total. The fourth-order valence-corrected chi connectivity index (χ4v) is 1.44. The molecule has 0 amide bonds. The van der Waals surface area contributed by atoms with Gasteiger partial charge in [0.25, 0.3) is 0 Å². The molecule has 0 aliphatic heterocycles. The second-order valence-corrected chi connectivity index (χ2v) is 5.06. The summed E-state index contributed by atoms with van der Waals surface area (Å²) in [6.45, 7) is 10.4. The van der Waals surface area contributed by atoms with Crippen molar-refractivity contribution in [1.82, 2.24) is 14.8 Å². The third-order valence-corrected chi connectivity index (χ3v) is 2.13. The van der Waals surface area contributed by atoms with Crippen LogP contribution in [0.3, 0.4) is 0 Å². The minimum atomic E-state index is -0.201. The summed E-state index contributed by atoms with van der Waals surface area (Å²) in [7, 11) is 0. The largest absolute Gasteiger partial charge is 0.388 e. The lowest BCUT2D eigenvalue weighted by Crippen LogP contribution is -2.21. The Kier molecular flexibility index (Phi) is 4.04. The SMILES string of the molecule is CC(C)n1c(CO)nnc1COC(C)(C)C. The van der Waals surface area contributed by atoms with Crippen LogP contribution in [0.2, 0.25) is 0 Å². The fraction of sp³-hybridized carbons (Fsp3) is 0.818. The fourth-order valence-electron chi connectivity index (χ4n) is 1.44. The van der Waals surface area contributed by atoms with Gasteiger partial charge in [0, 0.05) is 6.04 Å². The Bertz CT molecular complexity index is 339. The summed E-state index contributed by atoms with van der Waals surface area (Å²) in [5.41, 5.74) is -0.201. The monoisotopic (exact) mass is 227 g/mol. The molecule has 0 aromatic carbocycles. The van der Waals surface area contributed by atoms with Crippen LogP contribution in [0.15, 0.2) is 0 Å². The zero-order valence-corrected chi connectivity index (χ0v) is 10.7. The third kappa shape index (κ3) is 3.28. The molecule has 0 saturated carbocycles. The van der Waals surface area contributed by atoms with E-state index in [0.29, 0.717) is 12.4 Å². The summed E-state index contributed by atoms with van der Waals surface area (Å²) >= 11 is 0. The molecule has 1 heterocycles. The number of rotatable bonds is 4. The van der Waals surface area contributed by atoms with Crippen molar-refractivity contribution < 1.29 is 9.84 Å². The summed E-state index contributed by atoms with van der Waals surface area (Å²) in [6.07, 6.45) is 0. The molecule has 1 N–H and O–H groups in total. The molecular weight excluding hydrogens is 206 g/mol. The average Bonchev–Trinajstić information content (AvgIpc) is 2.56. The minimum Gasteiger partial charge on any atom is -0.388 e. The number of aliphatic hydroxyl groups excluding tert-OH is 1. The molecule has 0 saturated heterocycles. The van der Waals surface area contributed by atoms with Gasteiger partial charge in [0.2, 0.25) is 0 Å². The summed E-state index contributed by atoms with van der Waals surface area (Å²) in [4.78, 5) is 0. The molecule has 92 valence electrons. The zero-order chi connectivity index (χ0) is 12.3. The van der Waals surface area contributed by atoms with E-state index < -0.39 is 0 Å². The van der Waals surface area contributed by atoms with Gasteiger partial charge in [0.1, 0.15) is 13.2 Å².